The van der Waals surface area contributed by atoms with E-state index < -0.39 is 17.8 Å². The smallest absolute Gasteiger partial charge is 0.336 e. The maximum Gasteiger partial charge on any atom is 0.336 e. The second kappa shape index (κ2) is 11.1. The Morgan fingerprint density at radius 2 is 1.65 bits per heavy atom. The predicted octanol–water partition coefficient (Wildman–Crippen LogP) is 5.67. The minimum atomic E-state index is -0.931. The van der Waals surface area contributed by atoms with Gasteiger partial charge in [0.25, 0.3) is 11.8 Å². The Morgan fingerprint density at radius 1 is 0.946 bits per heavy atom. The normalized spacial score (nSPS) is 14.6. The summed E-state index contributed by atoms with van der Waals surface area (Å²) < 4.78 is 17.3. The molecule has 4 rings (SSSR count). The fraction of sp³-hybridized carbons (Fsp3) is 0.148. The number of anilines is 1. The molecule has 4 amide bonds. The number of hydrogen-bond donors (Lipinski definition) is 1. The minimum Gasteiger partial charge on any atom is -0.495 e. The first-order valence-corrected chi connectivity index (χ1v) is 12.2. The van der Waals surface area contributed by atoms with E-state index in [0.29, 0.717) is 15.8 Å². The zero-order valence-corrected chi connectivity index (χ0v) is 22.5. The molecule has 0 aliphatic carbocycles. The topological polar surface area (TPSA) is 94.2 Å². The quantitative estimate of drug-likeness (QED) is 0.284. The van der Waals surface area contributed by atoms with Gasteiger partial charge in [-0.05, 0) is 36.8 Å². The summed E-state index contributed by atoms with van der Waals surface area (Å²) in [6.07, 6.45) is 1.38. The largest absolute Gasteiger partial charge is 0.495 e. The van der Waals surface area contributed by atoms with Crippen molar-refractivity contribution in [2.24, 2.45) is 0 Å². The fourth-order valence-corrected chi connectivity index (χ4v) is 4.27. The lowest BCUT2D eigenvalue weighted by molar-refractivity contribution is -0.122. The molecule has 0 spiro atoms. The Kier molecular flexibility index (Phi) is 7.85. The van der Waals surface area contributed by atoms with Gasteiger partial charge in [0.05, 0.1) is 24.9 Å². The highest BCUT2D eigenvalue weighted by molar-refractivity contribution is 9.10. The van der Waals surface area contributed by atoms with Gasteiger partial charge in [-0.1, -0.05) is 57.4 Å². The zero-order chi connectivity index (χ0) is 26.7. The van der Waals surface area contributed by atoms with Crippen LogP contribution in [-0.2, 0) is 16.2 Å². The van der Waals surface area contributed by atoms with Crippen LogP contribution in [0.25, 0.3) is 6.08 Å². The van der Waals surface area contributed by atoms with Gasteiger partial charge in [-0.15, -0.1) is 0 Å². The van der Waals surface area contributed by atoms with E-state index in [9.17, 15) is 14.4 Å². The van der Waals surface area contributed by atoms with Crippen molar-refractivity contribution in [2.45, 2.75) is 13.5 Å². The molecular weight excluding hydrogens is 564 g/mol. The number of methoxy groups -OCH3 is 2. The average molecular weight is 586 g/mol. The molecule has 10 heteroatoms. The number of ether oxygens (including phenoxy) is 3. The number of amides is 4. The third kappa shape index (κ3) is 5.63. The summed E-state index contributed by atoms with van der Waals surface area (Å²) in [4.78, 5) is 39.8. The Morgan fingerprint density at radius 3 is 2.32 bits per heavy atom. The summed E-state index contributed by atoms with van der Waals surface area (Å²) in [7, 11) is 2.77. The predicted molar refractivity (Wildman–Crippen MR) is 143 cm³/mol. The Bertz CT molecular complexity index is 1420. The highest BCUT2D eigenvalue weighted by Crippen LogP contribution is 2.39. The molecule has 1 aliphatic rings. The number of nitrogens with one attached hydrogen (secondary N) is 1. The van der Waals surface area contributed by atoms with Crippen LogP contribution in [0.1, 0.15) is 16.7 Å². The lowest BCUT2D eigenvalue weighted by Gasteiger charge is -2.28. The Hall–Kier alpha value is -3.82. The fourth-order valence-electron chi connectivity index (χ4n) is 3.66. The van der Waals surface area contributed by atoms with Crippen molar-refractivity contribution >= 4 is 57.1 Å². The molecule has 1 N–H and O–H groups in total. The standard InChI is InChI=1S/C27H22BrClN2O6/c1-15-4-6-16(7-5-15)14-37-22-9-8-18(28)10-17(22)11-19-25(32)30-27(34)31(26(19)33)21-13-23(35-2)20(29)12-24(21)36-3/h4-13H,14H2,1-3H3,(H,30,32,34)/b19-11+. The van der Waals surface area contributed by atoms with Gasteiger partial charge in [0.2, 0.25) is 0 Å². The molecule has 3 aromatic carbocycles. The summed E-state index contributed by atoms with van der Waals surface area (Å²) in [6.45, 7) is 2.28. The van der Waals surface area contributed by atoms with E-state index >= 15 is 0 Å². The maximum atomic E-state index is 13.5. The van der Waals surface area contributed by atoms with Crippen molar-refractivity contribution in [3.05, 3.63) is 86.4 Å². The lowest BCUT2D eigenvalue weighted by Crippen LogP contribution is -2.54. The van der Waals surface area contributed by atoms with Crippen LogP contribution in [0.3, 0.4) is 0 Å². The van der Waals surface area contributed by atoms with E-state index in [4.69, 9.17) is 25.8 Å². The van der Waals surface area contributed by atoms with E-state index in [1.54, 1.807) is 18.2 Å². The Labute approximate surface area is 226 Å². The molecule has 0 atom stereocenters. The summed E-state index contributed by atoms with van der Waals surface area (Å²) >= 11 is 9.59. The van der Waals surface area contributed by atoms with Crippen LogP contribution in [0.5, 0.6) is 17.2 Å². The highest BCUT2D eigenvalue weighted by atomic mass is 79.9. The highest BCUT2D eigenvalue weighted by Gasteiger charge is 2.38. The SMILES string of the molecule is COc1cc(N2C(=O)NC(=O)/C(=C\c3cc(Br)ccc3OCc3ccc(C)cc3)C2=O)c(OC)cc1Cl. The van der Waals surface area contributed by atoms with Crippen LogP contribution in [-0.4, -0.2) is 32.1 Å². The molecule has 8 nitrogen and oxygen atoms in total. The second-order valence-electron chi connectivity index (χ2n) is 8.07. The monoisotopic (exact) mass is 584 g/mol. The van der Waals surface area contributed by atoms with Crippen LogP contribution in [0, 0.1) is 6.92 Å². The number of aryl methyl sites for hydroxylation is 1. The first-order valence-electron chi connectivity index (χ1n) is 11.0. The van der Waals surface area contributed by atoms with Gasteiger partial charge >= 0.3 is 6.03 Å². The molecule has 0 aromatic heterocycles. The second-order valence-corrected chi connectivity index (χ2v) is 9.40. The molecule has 0 radical (unpaired) electrons. The minimum absolute atomic E-state index is 0.0646. The van der Waals surface area contributed by atoms with Gasteiger partial charge in [0.15, 0.2) is 0 Å². The molecular formula is C27H22BrClN2O6. The molecule has 1 aliphatic heterocycles. The van der Waals surface area contributed by atoms with Crippen LogP contribution in [0.15, 0.2) is 64.6 Å². The number of rotatable bonds is 7. The van der Waals surface area contributed by atoms with E-state index in [0.717, 1.165) is 16.0 Å². The first-order chi connectivity index (χ1) is 17.7. The van der Waals surface area contributed by atoms with Crippen molar-refractivity contribution in [3.8, 4) is 17.2 Å². The molecule has 1 heterocycles. The summed E-state index contributed by atoms with van der Waals surface area (Å²) in [5, 5.41) is 2.43. The number of imide groups is 2. The van der Waals surface area contributed by atoms with Gasteiger partial charge in [-0.3, -0.25) is 14.9 Å². The molecule has 1 fully saturated rings. The zero-order valence-electron chi connectivity index (χ0n) is 20.1. The third-order valence-electron chi connectivity index (χ3n) is 5.58. The molecule has 190 valence electrons. The van der Waals surface area contributed by atoms with Gasteiger partial charge < -0.3 is 14.2 Å². The van der Waals surface area contributed by atoms with E-state index in [1.807, 2.05) is 31.2 Å². The number of carbonyl (C=O) groups excluding carboxylic acids is 3. The average Bonchev–Trinajstić information content (AvgIpc) is 2.87. The van der Waals surface area contributed by atoms with Crippen molar-refractivity contribution in [1.82, 2.24) is 5.32 Å². The molecule has 37 heavy (non-hydrogen) atoms. The molecule has 0 unspecified atom stereocenters. The van der Waals surface area contributed by atoms with Crippen LogP contribution in [0.4, 0.5) is 10.5 Å². The van der Waals surface area contributed by atoms with E-state index in [1.165, 1.54) is 32.4 Å². The molecule has 0 saturated carbocycles. The maximum absolute atomic E-state index is 13.5. The van der Waals surface area contributed by atoms with Gasteiger partial charge in [0, 0.05) is 22.2 Å². The van der Waals surface area contributed by atoms with Gasteiger partial charge in [0.1, 0.15) is 29.4 Å². The van der Waals surface area contributed by atoms with Crippen molar-refractivity contribution in [3.63, 3.8) is 0 Å². The Balaban J connectivity index is 1.72. The number of barbiturate groups is 1. The third-order valence-corrected chi connectivity index (χ3v) is 6.37. The number of urea groups is 1. The van der Waals surface area contributed by atoms with Crippen LogP contribution in [0.2, 0.25) is 5.02 Å². The number of benzene rings is 3. The summed E-state index contributed by atoms with van der Waals surface area (Å²) in [6, 6.07) is 15.0. The molecule has 1 saturated heterocycles. The number of nitrogens with zero attached hydrogens (tertiary/aromatic N) is 1. The summed E-state index contributed by atoms with van der Waals surface area (Å²) in [5.74, 6) is -0.866. The molecule has 0 bridgehead atoms. The van der Waals surface area contributed by atoms with Crippen molar-refractivity contribution in [1.29, 1.82) is 0 Å². The van der Waals surface area contributed by atoms with E-state index in [-0.39, 0.29) is 34.4 Å². The number of carbonyl (C=O) groups is 3. The van der Waals surface area contributed by atoms with E-state index in [2.05, 4.69) is 21.2 Å². The van der Waals surface area contributed by atoms with Crippen molar-refractivity contribution < 1.29 is 28.6 Å². The summed E-state index contributed by atoms with van der Waals surface area (Å²) in [5.41, 5.74) is 2.35. The number of halogens is 2. The van der Waals surface area contributed by atoms with Crippen LogP contribution >= 0.6 is 27.5 Å². The molecule has 3 aromatic rings. The first kappa shape index (κ1) is 26.2. The van der Waals surface area contributed by atoms with Gasteiger partial charge in [-0.25, -0.2) is 9.69 Å². The van der Waals surface area contributed by atoms with Crippen molar-refractivity contribution in [2.75, 3.05) is 19.1 Å². The van der Waals surface area contributed by atoms with Gasteiger partial charge in [-0.2, -0.15) is 0 Å². The van der Waals surface area contributed by atoms with Crippen LogP contribution < -0.4 is 24.4 Å². The lowest BCUT2D eigenvalue weighted by atomic mass is 10.1. The number of hydrogen-bond acceptors (Lipinski definition) is 6.